The lowest BCUT2D eigenvalue weighted by molar-refractivity contribution is 0.182. The summed E-state index contributed by atoms with van der Waals surface area (Å²) in [7, 11) is 1.71. The fourth-order valence-electron chi connectivity index (χ4n) is 2.31. The minimum atomic E-state index is 0.322. The molecule has 0 bridgehead atoms. The molecule has 2 atom stereocenters. The molecule has 16 heavy (non-hydrogen) atoms. The van der Waals surface area contributed by atoms with Crippen molar-refractivity contribution in [2.75, 3.05) is 13.7 Å². The largest absolute Gasteiger partial charge is 0.383 e. The van der Waals surface area contributed by atoms with E-state index >= 15 is 0 Å². The highest BCUT2D eigenvalue weighted by atomic mass is 79.9. The standard InChI is InChI=1S/C11H16BrClN2O/c1-16-5-4-15-11(10(12)7-14-15)8-2-3-9(13)6-8/h7-9H,2-6H2,1H3. The van der Waals surface area contributed by atoms with Crippen molar-refractivity contribution >= 4 is 27.5 Å². The van der Waals surface area contributed by atoms with Gasteiger partial charge in [-0.1, -0.05) is 0 Å². The first-order chi connectivity index (χ1) is 7.72. The summed E-state index contributed by atoms with van der Waals surface area (Å²) in [6.07, 6.45) is 5.19. The predicted molar refractivity (Wildman–Crippen MR) is 68.0 cm³/mol. The van der Waals surface area contributed by atoms with Crippen molar-refractivity contribution in [2.45, 2.75) is 37.1 Å². The van der Waals surface area contributed by atoms with Crippen LogP contribution < -0.4 is 0 Å². The molecule has 0 radical (unpaired) electrons. The van der Waals surface area contributed by atoms with E-state index in [1.54, 1.807) is 7.11 Å². The van der Waals surface area contributed by atoms with Crippen LogP contribution >= 0.6 is 27.5 Å². The van der Waals surface area contributed by atoms with Crippen molar-refractivity contribution in [2.24, 2.45) is 0 Å². The van der Waals surface area contributed by atoms with E-state index in [4.69, 9.17) is 16.3 Å². The number of rotatable bonds is 4. The third-order valence-corrected chi connectivity index (χ3v) is 4.10. The summed E-state index contributed by atoms with van der Waals surface area (Å²) < 4.78 is 8.22. The second-order valence-electron chi connectivity index (χ2n) is 4.20. The highest BCUT2D eigenvalue weighted by molar-refractivity contribution is 9.10. The van der Waals surface area contributed by atoms with E-state index in [2.05, 4.69) is 21.0 Å². The van der Waals surface area contributed by atoms with Gasteiger partial charge < -0.3 is 4.74 Å². The average molecular weight is 308 g/mol. The molecule has 0 saturated heterocycles. The van der Waals surface area contributed by atoms with E-state index in [0.29, 0.717) is 17.9 Å². The summed E-state index contributed by atoms with van der Waals surface area (Å²) in [6, 6.07) is 0. The van der Waals surface area contributed by atoms with Gasteiger partial charge in [-0.05, 0) is 35.2 Å². The third-order valence-electron chi connectivity index (χ3n) is 3.10. The molecule has 1 heterocycles. The van der Waals surface area contributed by atoms with Gasteiger partial charge in [0.05, 0.1) is 29.5 Å². The van der Waals surface area contributed by atoms with E-state index in [1.807, 2.05) is 10.9 Å². The zero-order valence-corrected chi connectivity index (χ0v) is 11.7. The molecule has 3 nitrogen and oxygen atoms in total. The Balaban J connectivity index is 2.14. The minimum absolute atomic E-state index is 0.322. The zero-order valence-electron chi connectivity index (χ0n) is 9.33. The van der Waals surface area contributed by atoms with Crippen LogP contribution in [-0.2, 0) is 11.3 Å². The van der Waals surface area contributed by atoms with E-state index in [9.17, 15) is 0 Å². The Morgan fingerprint density at radius 2 is 2.44 bits per heavy atom. The maximum atomic E-state index is 6.16. The van der Waals surface area contributed by atoms with Crippen molar-refractivity contribution in [3.8, 4) is 0 Å². The van der Waals surface area contributed by atoms with Gasteiger partial charge in [0.15, 0.2) is 0 Å². The van der Waals surface area contributed by atoms with Crippen LogP contribution in [0.4, 0.5) is 0 Å². The molecule has 2 unspecified atom stereocenters. The molecule has 1 fully saturated rings. The lowest BCUT2D eigenvalue weighted by atomic mass is 10.0. The molecule has 0 amide bonds. The first kappa shape index (κ1) is 12.4. The van der Waals surface area contributed by atoms with Crippen LogP contribution in [-0.4, -0.2) is 28.9 Å². The van der Waals surface area contributed by atoms with Crippen molar-refractivity contribution in [3.63, 3.8) is 0 Å². The summed E-state index contributed by atoms with van der Waals surface area (Å²) in [4.78, 5) is 0. The van der Waals surface area contributed by atoms with Crippen LogP contribution in [0.3, 0.4) is 0 Å². The number of ether oxygens (including phenoxy) is 1. The Kier molecular flexibility index (Phi) is 4.27. The molecule has 0 N–H and O–H groups in total. The van der Waals surface area contributed by atoms with Gasteiger partial charge in [-0.15, -0.1) is 11.6 Å². The van der Waals surface area contributed by atoms with Crippen molar-refractivity contribution in [1.82, 2.24) is 9.78 Å². The van der Waals surface area contributed by atoms with E-state index < -0.39 is 0 Å². The Morgan fingerprint density at radius 1 is 1.62 bits per heavy atom. The molecule has 1 saturated carbocycles. The molecular formula is C11H16BrClN2O. The number of methoxy groups -OCH3 is 1. The minimum Gasteiger partial charge on any atom is -0.383 e. The second-order valence-corrected chi connectivity index (χ2v) is 5.67. The van der Waals surface area contributed by atoms with E-state index in [-0.39, 0.29) is 0 Å². The number of nitrogens with zero attached hydrogens (tertiary/aromatic N) is 2. The molecule has 0 spiro atoms. The zero-order chi connectivity index (χ0) is 11.5. The number of hydrogen-bond donors (Lipinski definition) is 0. The van der Waals surface area contributed by atoms with Crippen LogP contribution in [0, 0.1) is 0 Å². The van der Waals surface area contributed by atoms with Gasteiger partial charge in [0, 0.05) is 18.4 Å². The Morgan fingerprint density at radius 3 is 3.06 bits per heavy atom. The molecular weight excluding hydrogens is 291 g/mol. The van der Waals surface area contributed by atoms with Gasteiger partial charge in [0.25, 0.3) is 0 Å². The molecule has 0 aliphatic heterocycles. The first-order valence-electron chi connectivity index (χ1n) is 5.56. The molecule has 1 aliphatic rings. The number of halogens is 2. The van der Waals surface area contributed by atoms with Gasteiger partial charge in [0.2, 0.25) is 0 Å². The molecule has 1 aromatic heterocycles. The molecule has 1 aromatic rings. The smallest absolute Gasteiger partial charge is 0.0658 e. The van der Waals surface area contributed by atoms with Crippen LogP contribution in [0.2, 0.25) is 0 Å². The SMILES string of the molecule is COCCn1ncc(Br)c1C1CCC(Cl)C1. The van der Waals surface area contributed by atoms with Gasteiger partial charge in [-0.3, -0.25) is 4.68 Å². The van der Waals surface area contributed by atoms with Crippen molar-refractivity contribution in [1.29, 1.82) is 0 Å². The fraction of sp³-hybridized carbons (Fsp3) is 0.727. The first-order valence-corrected chi connectivity index (χ1v) is 6.79. The summed E-state index contributed by atoms with van der Waals surface area (Å²) >= 11 is 9.73. The summed E-state index contributed by atoms with van der Waals surface area (Å²) in [5.74, 6) is 0.538. The normalized spacial score (nSPS) is 25.2. The summed E-state index contributed by atoms with van der Waals surface area (Å²) in [6.45, 7) is 1.50. The van der Waals surface area contributed by atoms with Gasteiger partial charge in [0.1, 0.15) is 0 Å². The third kappa shape index (κ3) is 2.60. The lowest BCUT2D eigenvalue weighted by Gasteiger charge is -2.13. The topological polar surface area (TPSA) is 27.1 Å². The fourth-order valence-corrected chi connectivity index (χ4v) is 3.27. The summed E-state index contributed by atoms with van der Waals surface area (Å²) in [5.41, 5.74) is 1.28. The van der Waals surface area contributed by atoms with Crippen molar-refractivity contribution in [3.05, 3.63) is 16.4 Å². The Bertz CT molecular complexity index is 356. The van der Waals surface area contributed by atoms with Gasteiger partial charge >= 0.3 is 0 Å². The number of alkyl halides is 1. The van der Waals surface area contributed by atoms with Gasteiger partial charge in [-0.2, -0.15) is 5.10 Å². The Labute approximate surface area is 109 Å². The van der Waals surface area contributed by atoms with Gasteiger partial charge in [-0.25, -0.2) is 0 Å². The molecule has 0 aromatic carbocycles. The molecule has 2 rings (SSSR count). The van der Waals surface area contributed by atoms with Crippen LogP contribution in [0.5, 0.6) is 0 Å². The monoisotopic (exact) mass is 306 g/mol. The average Bonchev–Trinajstić information content (AvgIpc) is 2.82. The highest BCUT2D eigenvalue weighted by Crippen LogP contribution is 2.39. The lowest BCUT2D eigenvalue weighted by Crippen LogP contribution is -2.12. The van der Waals surface area contributed by atoms with Crippen LogP contribution in [0.25, 0.3) is 0 Å². The van der Waals surface area contributed by atoms with Crippen molar-refractivity contribution < 1.29 is 4.74 Å². The molecule has 90 valence electrons. The number of aromatic nitrogens is 2. The maximum absolute atomic E-state index is 6.16. The summed E-state index contributed by atoms with van der Waals surface area (Å²) in [5, 5.41) is 4.69. The van der Waals surface area contributed by atoms with E-state index in [0.717, 1.165) is 30.3 Å². The van der Waals surface area contributed by atoms with E-state index in [1.165, 1.54) is 5.69 Å². The Hall–Kier alpha value is -0.0600. The predicted octanol–water partition coefficient (Wildman–Crippen LogP) is 3.17. The van der Waals surface area contributed by atoms with Crippen LogP contribution in [0.1, 0.15) is 30.9 Å². The quantitative estimate of drug-likeness (QED) is 0.799. The second kappa shape index (κ2) is 5.52. The highest BCUT2D eigenvalue weighted by Gasteiger charge is 2.28. The van der Waals surface area contributed by atoms with Crippen LogP contribution in [0.15, 0.2) is 10.7 Å². The number of hydrogen-bond acceptors (Lipinski definition) is 2. The maximum Gasteiger partial charge on any atom is 0.0658 e. The molecule has 5 heteroatoms. The molecule has 1 aliphatic carbocycles.